The Bertz CT molecular complexity index is 964. The van der Waals surface area contributed by atoms with Crippen molar-refractivity contribution in [2.75, 3.05) is 45.6 Å². The largest absolute Gasteiger partial charge is 0.395 e. The fraction of sp³-hybridized carbons (Fsp3) is 0.400. The van der Waals surface area contributed by atoms with Crippen molar-refractivity contribution in [1.29, 1.82) is 0 Å². The Hall–Kier alpha value is -2.13. The topological polar surface area (TPSA) is 74.0 Å². The first-order chi connectivity index (χ1) is 13.7. The number of piperazine rings is 1. The molecule has 3 heterocycles. The predicted octanol–water partition coefficient (Wildman–Crippen LogP) is 1.24. The first-order valence-electron chi connectivity index (χ1n) is 9.47. The Morgan fingerprint density at radius 1 is 1.11 bits per heavy atom. The van der Waals surface area contributed by atoms with Gasteiger partial charge in [0.1, 0.15) is 0 Å². The lowest BCUT2D eigenvalue weighted by molar-refractivity contribution is 0.107. The second-order valence-corrected chi connectivity index (χ2v) is 8.40. The van der Waals surface area contributed by atoms with Crippen LogP contribution in [0.2, 0.25) is 0 Å². The minimum atomic E-state index is -0.993. The SMILES string of the molecule is CS(=O)c1ccc(-c2nc3ncccn3c2CN2CCN(CCO)CC2)cc1. The Balaban J connectivity index is 1.63. The van der Waals surface area contributed by atoms with Gasteiger partial charge in [0.2, 0.25) is 5.78 Å². The van der Waals surface area contributed by atoms with Crippen molar-refractivity contribution < 1.29 is 9.32 Å². The zero-order valence-electron chi connectivity index (χ0n) is 16.0. The molecule has 148 valence electrons. The van der Waals surface area contributed by atoms with E-state index in [1.54, 1.807) is 12.5 Å². The third kappa shape index (κ3) is 4.00. The van der Waals surface area contributed by atoms with Gasteiger partial charge in [0.05, 0.1) is 18.0 Å². The molecule has 1 saturated heterocycles. The molecule has 3 aromatic rings. The molecule has 2 aromatic heterocycles. The molecule has 0 bridgehead atoms. The summed E-state index contributed by atoms with van der Waals surface area (Å²) in [7, 11) is -0.993. The number of imidazole rings is 1. The summed E-state index contributed by atoms with van der Waals surface area (Å²) in [4.78, 5) is 14.7. The van der Waals surface area contributed by atoms with E-state index in [-0.39, 0.29) is 6.61 Å². The number of aliphatic hydroxyl groups is 1. The van der Waals surface area contributed by atoms with Crippen LogP contribution in [0, 0.1) is 0 Å². The van der Waals surface area contributed by atoms with Crippen molar-refractivity contribution in [3.8, 4) is 11.3 Å². The summed E-state index contributed by atoms with van der Waals surface area (Å²) in [6, 6.07) is 9.70. The minimum Gasteiger partial charge on any atom is -0.395 e. The van der Waals surface area contributed by atoms with Gasteiger partial charge in [0.15, 0.2) is 0 Å². The van der Waals surface area contributed by atoms with Crippen molar-refractivity contribution in [1.82, 2.24) is 24.2 Å². The quantitative estimate of drug-likeness (QED) is 0.672. The zero-order valence-corrected chi connectivity index (χ0v) is 16.8. The van der Waals surface area contributed by atoms with E-state index in [0.717, 1.165) is 61.1 Å². The van der Waals surface area contributed by atoms with Crippen LogP contribution in [0.1, 0.15) is 5.69 Å². The number of nitrogens with zero attached hydrogens (tertiary/aromatic N) is 5. The van der Waals surface area contributed by atoms with Crippen molar-refractivity contribution in [3.05, 3.63) is 48.4 Å². The number of aromatic nitrogens is 3. The van der Waals surface area contributed by atoms with Gasteiger partial charge in [0.25, 0.3) is 0 Å². The van der Waals surface area contributed by atoms with Gasteiger partial charge in [-0.3, -0.25) is 18.4 Å². The highest BCUT2D eigenvalue weighted by atomic mass is 32.2. The normalized spacial score (nSPS) is 17.2. The molecule has 1 aliphatic rings. The summed E-state index contributed by atoms with van der Waals surface area (Å²) in [6.45, 7) is 5.58. The highest BCUT2D eigenvalue weighted by Crippen LogP contribution is 2.26. The Morgan fingerprint density at radius 3 is 2.50 bits per heavy atom. The standard InChI is InChI=1S/C20H25N5O2S/c1-28(27)17-5-3-16(4-6-17)19-18(25-8-2-7-21-20(25)22-19)15-24-11-9-23(10-12-24)13-14-26/h2-8,26H,9-15H2,1H3. The lowest BCUT2D eigenvalue weighted by Crippen LogP contribution is -2.46. The molecule has 1 fully saturated rings. The van der Waals surface area contributed by atoms with E-state index in [0.29, 0.717) is 5.78 Å². The third-order valence-corrected chi connectivity index (χ3v) is 6.15. The molecule has 7 nitrogen and oxygen atoms in total. The Morgan fingerprint density at radius 2 is 1.82 bits per heavy atom. The summed E-state index contributed by atoms with van der Waals surface area (Å²) in [5.74, 6) is 0.689. The van der Waals surface area contributed by atoms with Gasteiger partial charge in [0, 0.05) is 79.2 Å². The molecule has 1 aliphatic heterocycles. The zero-order chi connectivity index (χ0) is 19.5. The smallest absolute Gasteiger partial charge is 0.234 e. The Kier molecular flexibility index (Phi) is 5.82. The van der Waals surface area contributed by atoms with Crippen LogP contribution in [0.15, 0.2) is 47.6 Å². The van der Waals surface area contributed by atoms with Crippen molar-refractivity contribution >= 4 is 16.6 Å². The summed E-state index contributed by atoms with van der Waals surface area (Å²) in [5, 5.41) is 9.13. The molecule has 8 heteroatoms. The van der Waals surface area contributed by atoms with Gasteiger partial charge >= 0.3 is 0 Å². The number of hydrogen-bond acceptors (Lipinski definition) is 6. The third-order valence-electron chi connectivity index (χ3n) is 5.22. The van der Waals surface area contributed by atoms with E-state index in [4.69, 9.17) is 10.1 Å². The molecule has 28 heavy (non-hydrogen) atoms. The van der Waals surface area contributed by atoms with Crippen LogP contribution < -0.4 is 0 Å². The van der Waals surface area contributed by atoms with Crippen LogP contribution in [-0.2, 0) is 17.3 Å². The predicted molar refractivity (Wildman–Crippen MR) is 110 cm³/mol. The van der Waals surface area contributed by atoms with Crippen LogP contribution in [0.4, 0.5) is 0 Å². The molecule has 0 amide bonds. The van der Waals surface area contributed by atoms with Crippen LogP contribution >= 0.6 is 0 Å². The van der Waals surface area contributed by atoms with Crippen molar-refractivity contribution in [2.24, 2.45) is 0 Å². The fourth-order valence-electron chi connectivity index (χ4n) is 3.65. The molecular formula is C20H25N5O2S. The number of β-amino-alcohol motifs (C(OH)–C–C–N with tert-alkyl or cyclic N) is 1. The van der Waals surface area contributed by atoms with E-state index in [2.05, 4.69) is 19.2 Å². The lowest BCUT2D eigenvalue weighted by atomic mass is 10.1. The van der Waals surface area contributed by atoms with Gasteiger partial charge in [-0.25, -0.2) is 9.97 Å². The van der Waals surface area contributed by atoms with Crippen LogP contribution in [0.3, 0.4) is 0 Å². The molecule has 1 atom stereocenters. The van der Waals surface area contributed by atoms with E-state index in [1.807, 2.05) is 36.5 Å². The maximum absolute atomic E-state index is 11.7. The van der Waals surface area contributed by atoms with E-state index >= 15 is 0 Å². The Labute approximate surface area is 167 Å². The molecule has 0 aliphatic carbocycles. The van der Waals surface area contributed by atoms with Gasteiger partial charge in [-0.1, -0.05) is 12.1 Å². The van der Waals surface area contributed by atoms with Crippen LogP contribution in [0.25, 0.3) is 17.0 Å². The summed E-state index contributed by atoms with van der Waals surface area (Å²) in [6.07, 6.45) is 5.45. The highest BCUT2D eigenvalue weighted by molar-refractivity contribution is 7.84. The molecule has 0 spiro atoms. The molecule has 0 radical (unpaired) electrons. The first-order valence-corrected chi connectivity index (χ1v) is 11.0. The molecular weight excluding hydrogens is 374 g/mol. The molecule has 0 saturated carbocycles. The van der Waals surface area contributed by atoms with Crippen LogP contribution in [-0.4, -0.2) is 79.1 Å². The monoisotopic (exact) mass is 399 g/mol. The van der Waals surface area contributed by atoms with Crippen molar-refractivity contribution in [2.45, 2.75) is 11.4 Å². The number of hydrogen-bond donors (Lipinski definition) is 1. The van der Waals surface area contributed by atoms with Crippen molar-refractivity contribution in [3.63, 3.8) is 0 Å². The maximum Gasteiger partial charge on any atom is 0.234 e. The number of fused-ring (bicyclic) bond motifs is 1. The number of rotatable bonds is 6. The van der Waals surface area contributed by atoms with Crippen LogP contribution in [0.5, 0.6) is 0 Å². The minimum absolute atomic E-state index is 0.210. The van der Waals surface area contributed by atoms with Gasteiger partial charge in [-0.2, -0.15) is 0 Å². The van der Waals surface area contributed by atoms with E-state index in [1.165, 1.54) is 0 Å². The number of benzene rings is 1. The molecule has 4 rings (SSSR count). The van der Waals surface area contributed by atoms with Gasteiger partial charge in [-0.15, -0.1) is 0 Å². The van der Waals surface area contributed by atoms with Gasteiger partial charge in [-0.05, 0) is 18.2 Å². The van der Waals surface area contributed by atoms with E-state index in [9.17, 15) is 4.21 Å². The van der Waals surface area contributed by atoms with Gasteiger partial charge < -0.3 is 5.11 Å². The maximum atomic E-state index is 11.7. The first kappa shape index (κ1) is 19.2. The summed E-state index contributed by atoms with van der Waals surface area (Å²) in [5.41, 5.74) is 3.04. The lowest BCUT2D eigenvalue weighted by Gasteiger charge is -2.34. The summed E-state index contributed by atoms with van der Waals surface area (Å²) < 4.78 is 13.7. The average Bonchev–Trinajstić information content (AvgIpc) is 3.08. The number of aliphatic hydroxyl groups excluding tert-OH is 1. The highest BCUT2D eigenvalue weighted by Gasteiger charge is 2.21. The second-order valence-electron chi connectivity index (χ2n) is 7.02. The average molecular weight is 400 g/mol. The second kappa shape index (κ2) is 8.48. The summed E-state index contributed by atoms with van der Waals surface area (Å²) >= 11 is 0. The fourth-order valence-corrected chi connectivity index (χ4v) is 4.17. The molecule has 1 N–H and O–H groups in total. The van der Waals surface area contributed by atoms with E-state index < -0.39 is 10.8 Å². The molecule has 1 aromatic carbocycles. The molecule has 1 unspecified atom stereocenters.